The zero-order chi connectivity index (χ0) is 14.8. The number of hydrogen-bond acceptors (Lipinski definition) is 5. The molecule has 0 spiro atoms. The molecular formula is C14H12N6O. The van der Waals surface area contributed by atoms with Crippen molar-refractivity contribution in [3.63, 3.8) is 0 Å². The minimum absolute atomic E-state index is 0.428. The van der Waals surface area contributed by atoms with Crippen LogP contribution in [0.4, 0.5) is 5.69 Å². The minimum atomic E-state index is -0.477. The number of rotatable bonds is 3. The molecule has 0 saturated carbocycles. The van der Waals surface area contributed by atoms with Crippen LogP contribution in [0.2, 0.25) is 0 Å². The van der Waals surface area contributed by atoms with E-state index in [0.717, 1.165) is 11.3 Å². The van der Waals surface area contributed by atoms with E-state index in [9.17, 15) is 4.79 Å². The molecule has 0 radical (unpaired) electrons. The molecule has 1 aromatic heterocycles. The first-order chi connectivity index (χ1) is 10.1. The summed E-state index contributed by atoms with van der Waals surface area (Å²) in [6.07, 6.45) is 0. The fourth-order valence-electron chi connectivity index (χ4n) is 1.99. The quantitative estimate of drug-likeness (QED) is 0.695. The van der Waals surface area contributed by atoms with E-state index in [4.69, 9.17) is 11.5 Å². The molecule has 0 aliphatic carbocycles. The van der Waals surface area contributed by atoms with Crippen molar-refractivity contribution in [2.45, 2.75) is 0 Å². The van der Waals surface area contributed by atoms with E-state index in [1.807, 2.05) is 12.1 Å². The van der Waals surface area contributed by atoms with Crippen LogP contribution in [0, 0.1) is 0 Å². The molecule has 4 N–H and O–H groups in total. The van der Waals surface area contributed by atoms with Crippen molar-refractivity contribution >= 4 is 11.6 Å². The minimum Gasteiger partial charge on any atom is -0.399 e. The summed E-state index contributed by atoms with van der Waals surface area (Å²) < 4.78 is 1.57. The predicted molar refractivity (Wildman–Crippen MR) is 77.5 cm³/mol. The first kappa shape index (κ1) is 12.8. The van der Waals surface area contributed by atoms with E-state index in [1.54, 1.807) is 41.1 Å². The number of hydrogen-bond donors (Lipinski definition) is 2. The Labute approximate surface area is 120 Å². The largest absolute Gasteiger partial charge is 0.399 e. The van der Waals surface area contributed by atoms with E-state index >= 15 is 0 Å². The Morgan fingerprint density at radius 1 is 1.10 bits per heavy atom. The van der Waals surface area contributed by atoms with Crippen LogP contribution in [-0.4, -0.2) is 26.1 Å². The molecule has 3 aromatic rings. The third-order valence-corrected chi connectivity index (χ3v) is 3.01. The molecule has 0 bridgehead atoms. The topological polar surface area (TPSA) is 113 Å². The Morgan fingerprint density at radius 3 is 2.52 bits per heavy atom. The highest BCUT2D eigenvalue weighted by atomic mass is 16.1. The molecule has 104 valence electrons. The average molecular weight is 280 g/mol. The van der Waals surface area contributed by atoms with Gasteiger partial charge in [-0.2, -0.15) is 4.68 Å². The van der Waals surface area contributed by atoms with Crippen molar-refractivity contribution in [2.75, 3.05) is 5.73 Å². The lowest BCUT2D eigenvalue weighted by molar-refractivity contribution is 0.100. The fourth-order valence-corrected chi connectivity index (χ4v) is 1.99. The van der Waals surface area contributed by atoms with Crippen LogP contribution >= 0.6 is 0 Å². The third-order valence-electron chi connectivity index (χ3n) is 3.01. The molecule has 3 rings (SSSR count). The molecule has 7 heteroatoms. The van der Waals surface area contributed by atoms with Crippen LogP contribution in [0.15, 0.2) is 48.5 Å². The van der Waals surface area contributed by atoms with Crippen molar-refractivity contribution in [2.24, 2.45) is 5.73 Å². The molecule has 0 saturated heterocycles. The van der Waals surface area contributed by atoms with Crippen molar-refractivity contribution in [3.8, 4) is 17.1 Å². The van der Waals surface area contributed by atoms with Gasteiger partial charge < -0.3 is 11.5 Å². The summed E-state index contributed by atoms with van der Waals surface area (Å²) in [6.45, 7) is 0. The maximum atomic E-state index is 11.1. The van der Waals surface area contributed by atoms with Crippen molar-refractivity contribution in [3.05, 3.63) is 54.1 Å². The molecule has 0 atom stereocenters. The van der Waals surface area contributed by atoms with Gasteiger partial charge in [0.25, 0.3) is 0 Å². The summed E-state index contributed by atoms with van der Waals surface area (Å²) in [5.41, 5.74) is 13.6. The number of nitrogens with two attached hydrogens (primary N) is 2. The van der Waals surface area contributed by atoms with Gasteiger partial charge in [-0.3, -0.25) is 4.79 Å². The van der Waals surface area contributed by atoms with Gasteiger partial charge in [-0.15, -0.1) is 5.10 Å². The fraction of sp³-hybridized carbons (Fsp3) is 0. The lowest BCUT2D eigenvalue weighted by Gasteiger charge is -2.05. The number of amides is 1. The maximum absolute atomic E-state index is 11.1. The number of primary amides is 1. The van der Waals surface area contributed by atoms with Gasteiger partial charge in [0, 0.05) is 16.8 Å². The van der Waals surface area contributed by atoms with Gasteiger partial charge in [0.15, 0.2) is 5.82 Å². The van der Waals surface area contributed by atoms with Gasteiger partial charge in [0.2, 0.25) is 5.91 Å². The summed E-state index contributed by atoms with van der Waals surface area (Å²) in [4.78, 5) is 11.1. The number of anilines is 1. The molecule has 1 amide bonds. The summed E-state index contributed by atoms with van der Waals surface area (Å²) >= 11 is 0. The van der Waals surface area contributed by atoms with Crippen LogP contribution in [-0.2, 0) is 0 Å². The number of carbonyl (C=O) groups excluding carboxylic acids is 1. The van der Waals surface area contributed by atoms with Crippen LogP contribution in [0.1, 0.15) is 10.4 Å². The van der Waals surface area contributed by atoms with Gasteiger partial charge >= 0.3 is 0 Å². The van der Waals surface area contributed by atoms with Gasteiger partial charge in [0.1, 0.15) is 0 Å². The monoisotopic (exact) mass is 280 g/mol. The zero-order valence-electron chi connectivity index (χ0n) is 11.0. The first-order valence-corrected chi connectivity index (χ1v) is 6.20. The maximum Gasteiger partial charge on any atom is 0.248 e. The molecule has 7 nitrogen and oxygen atoms in total. The molecule has 21 heavy (non-hydrogen) atoms. The second-order valence-electron chi connectivity index (χ2n) is 4.45. The zero-order valence-corrected chi connectivity index (χ0v) is 11.0. The number of carbonyl (C=O) groups is 1. The molecule has 2 aromatic carbocycles. The molecule has 0 fully saturated rings. The highest BCUT2D eigenvalue weighted by molar-refractivity contribution is 5.92. The lowest BCUT2D eigenvalue weighted by Crippen LogP contribution is -2.11. The molecular weight excluding hydrogens is 268 g/mol. The SMILES string of the molecule is NC(=O)c1ccc(-n2nnnc2-c2cccc(N)c2)cc1. The average Bonchev–Trinajstić information content (AvgIpc) is 2.97. The van der Waals surface area contributed by atoms with Crippen molar-refractivity contribution in [1.29, 1.82) is 0 Å². The molecule has 1 heterocycles. The highest BCUT2D eigenvalue weighted by Gasteiger charge is 2.11. The molecule has 0 unspecified atom stereocenters. The van der Waals surface area contributed by atoms with Crippen molar-refractivity contribution in [1.82, 2.24) is 20.2 Å². The van der Waals surface area contributed by atoms with Crippen LogP contribution in [0.3, 0.4) is 0 Å². The Morgan fingerprint density at radius 2 is 1.86 bits per heavy atom. The van der Waals surface area contributed by atoms with E-state index in [1.165, 1.54) is 0 Å². The van der Waals surface area contributed by atoms with Crippen molar-refractivity contribution < 1.29 is 4.79 Å². The predicted octanol–water partition coefficient (Wildman–Crippen LogP) is 1.01. The molecule has 0 aliphatic rings. The number of nitrogens with zero attached hydrogens (tertiary/aromatic N) is 4. The van der Waals surface area contributed by atoms with E-state index in [2.05, 4.69) is 15.5 Å². The summed E-state index contributed by atoms with van der Waals surface area (Å²) in [5.74, 6) is 0.0865. The summed E-state index contributed by atoms with van der Waals surface area (Å²) in [5, 5.41) is 11.7. The van der Waals surface area contributed by atoms with Gasteiger partial charge in [-0.1, -0.05) is 12.1 Å². The number of aromatic nitrogens is 4. The Kier molecular flexibility index (Phi) is 3.07. The van der Waals surface area contributed by atoms with Gasteiger partial charge in [-0.25, -0.2) is 0 Å². The number of tetrazole rings is 1. The standard InChI is InChI=1S/C14H12N6O/c15-11-3-1-2-10(8-11)14-17-18-19-20(14)12-6-4-9(5-7-12)13(16)21/h1-8H,15H2,(H2,16,21). The Bertz CT molecular complexity index is 793. The van der Waals surface area contributed by atoms with E-state index < -0.39 is 5.91 Å². The third kappa shape index (κ3) is 2.44. The number of nitrogen functional groups attached to an aromatic ring is 1. The second-order valence-corrected chi connectivity index (χ2v) is 4.45. The van der Waals surface area contributed by atoms with Gasteiger partial charge in [-0.05, 0) is 46.8 Å². The Hall–Kier alpha value is -3.22. The van der Waals surface area contributed by atoms with Gasteiger partial charge in [0.05, 0.1) is 5.69 Å². The number of benzene rings is 2. The summed E-state index contributed by atoms with van der Waals surface area (Å²) in [6, 6.07) is 14.0. The van der Waals surface area contributed by atoms with E-state index in [0.29, 0.717) is 17.1 Å². The first-order valence-electron chi connectivity index (χ1n) is 6.20. The summed E-state index contributed by atoms with van der Waals surface area (Å²) in [7, 11) is 0. The normalized spacial score (nSPS) is 10.5. The smallest absolute Gasteiger partial charge is 0.248 e. The second kappa shape index (κ2) is 5.04. The van der Waals surface area contributed by atoms with E-state index in [-0.39, 0.29) is 0 Å². The van der Waals surface area contributed by atoms with Crippen LogP contribution < -0.4 is 11.5 Å². The van der Waals surface area contributed by atoms with Crippen LogP contribution in [0.25, 0.3) is 17.1 Å². The lowest BCUT2D eigenvalue weighted by atomic mass is 10.1. The van der Waals surface area contributed by atoms with Crippen LogP contribution in [0.5, 0.6) is 0 Å². The molecule has 0 aliphatic heterocycles. The highest BCUT2D eigenvalue weighted by Crippen LogP contribution is 2.21. The Balaban J connectivity index is 2.04.